The number of rotatable bonds is 9. The third-order valence-corrected chi connectivity index (χ3v) is 6.79. The number of oxazole rings is 1. The first kappa shape index (κ1) is 38.7. The Labute approximate surface area is 242 Å². The van der Waals surface area contributed by atoms with Gasteiger partial charge in [-0.3, -0.25) is 0 Å². The van der Waals surface area contributed by atoms with Crippen molar-refractivity contribution in [1.29, 1.82) is 0 Å². The number of nitrogens with one attached hydrogen (secondary N) is 2. The summed E-state index contributed by atoms with van der Waals surface area (Å²) in [5, 5.41) is 5.80. The minimum absolute atomic E-state index is 0.254. The highest BCUT2D eigenvalue weighted by Gasteiger charge is 2.38. The molecule has 1 atom stereocenters. The predicted molar refractivity (Wildman–Crippen MR) is 176 cm³/mol. The zero-order valence-electron chi connectivity index (χ0n) is 27.3. The summed E-state index contributed by atoms with van der Waals surface area (Å²) in [4.78, 5) is 4.71. The lowest BCUT2D eigenvalue weighted by atomic mass is 9.61. The van der Waals surface area contributed by atoms with Gasteiger partial charge in [-0.1, -0.05) is 91.8 Å². The Hall–Kier alpha value is -2.43. The van der Waals surface area contributed by atoms with E-state index in [4.69, 9.17) is 9.40 Å². The monoisotopic (exact) mass is 539 g/mol. The zero-order chi connectivity index (χ0) is 30.3. The van der Waals surface area contributed by atoms with E-state index in [-0.39, 0.29) is 10.8 Å². The van der Waals surface area contributed by atoms with E-state index in [1.54, 1.807) is 0 Å². The van der Waals surface area contributed by atoms with Crippen LogP contribution in [0.25, 0.3) is 11.3 Å². The number of benzene rings is 1. The molecule has 0 aliphatic heterocycles. The van der Waals surface area contributed by atoms with E-state index in [9.17, 15) is 0 Å². The van der Waals surface area contributed by atoms with Crippen LogP contribution >= 0.6 is 0 Å². The maximum absolute atomic E-state index is 5.68. The normalized spacial score (nSPS) is 16.5. The third kappa shape index (κ3) is 13.5. The molecule has 1 aromatic heterocycles. The van der Waals surface area contributed by atoms with Gasteiger partial charge >= 0.3 is 0 Å². The van der Waals surface area contributed by atoms with Crippen LogP contribution in [-0.2, 0) is 17.3 Å². The molecule has 4 nitrogen and oxygen atoms in total. The zero-order valence-corrected chi connectivity index (χ0v) is 27.3. The highest BCUT2D eigenvalue weighted by Crippen LogP contribution is 2.48. The molecule has 0 spiro atoms. The number of hydrogen-bond donors (Lipinski definition) is 2. The minimum atomic E-state index is 0.254. The number of nitrogens with zero attached hydrogens (tertiary/aromatic N) is 1. The number of fused-ring (bicyclic) bond motifs is 1. The molecule has 1 unspecified atom stereocenters. The maximum atomic E-state index is 5.68. The molecule has 0 saturated carbocycles. The first-order chi connectivity index (χ1) is 18.7. The Balaban J connectivity index is 0. The van der Waals surface area contributed by atoms with Gasteiger partial charge in [-0.25, -0.2) is 4.98 Å². The molecule has 1 aromatic carbocycles. The van der Waals surface area contributed by atoms with E-state index in [1.807, 2.05) is 67.1 Å². The Bertz CT molecular complexity index is 916. The molecule has 2 aromatic rings. The third-order valence-electron chi connectivity index (χ3n) is 6.79. The van der Waals surface area contributed by atoms with Crippen LogP contribution in [0.4, 0.5) is 0 Å². The standard InChI is InChI=1S/C23H31NO.2C4H9N.2C2H6/c1-6-8-9-10-21-24-20(16-25-21)17-11-12-18-19(15-17)23(5,7-2)14-13-22(18,3)4;2*1-3-4-5-2;2*1-2/h6,8,11-12,15-16H,7,9-10,13-14H2,1-5H3;2*3,5H,1,4H2,2H3;2*1-2H3/b8-6+;;;;. The quantitative estimate of drug-likeness (QED) is 0.312. The molecular formula is C35H61N3O. The van der Waals surface area contributed by atoms with Gasteiger partial charge in [0, 0.05) is 25.1 Å². The predicted octanol–water partition coefficient (Wildman–Crippen LogP) is 9.43. The largest absolute Gasteiger partial charge is 0.448 e. The molecule has 0 radical (unpaired) electrons. The SMILES string of the molecule is C/C=C/CCc1nc(-c2ccc3c(c2)C(C)(CC)CCC3(C)C)co1.C=CCNC.C=CCNC.CC.CC. The van der Waals surface area contributed by atoms with Crippen LogP contribution in [-0.4, -0.2) is 32.2 Å². The van der Waals surface area contributed by atoms with Crippen molar-refractivity contribution in [2.75, 3.05) is 27.2 Å². The average Bonchev–Trinajstić information content (AvgIpc) is 3.44. The Morgan fingerprint density at radius 3 is 2.00 bits per heavy atom. The Kier molecular flexibility index (Phi) is 22.2. The minimum Gasteiger partial charge on any atom is -0.448 e. The van der Waals surface area contributed by atoms with Crippen molar-refractivity contribution in [2.45, 2.75) is 105 Å². The first-order valence-electron chi connectivity index (χ1n) is 14.9. The van der Waals surface area contributed by atoms with E-state index < -0.39 is 0 Å². The van der Waals surface area contributed by atoms with Crippen LogP contribution in [0.2, 0.25) is 0 Å². The maximum Gasteiger partial charge on any atom is 0.194 e. The van der Waals surface area contributed by atoms with E-state index in [0.29, 0.717) is 0 Å². The molecule has 0 amide bonds. The van der Waals surface area contributed by atoms with Crippen molar-refractivity contribution < 1.29 is 4.42 Å². The van der Waals surface area contributed by atoms with Gasteiger partial charge in [0.15, 0.2) is 5.89 Å². The summed E-state index contributed by atoms with van der Waals surface area (Å²) in [5.41, 5.74) is 5.66. The smallest absolute Gasteiger partial charge is 0.194 e. The lowest BCUT2D eigenvalue weighted by Crippen LogP contribution is -2.35. The first-order valence-corrected chi connectivity index (χ1v) is 14.9. The Morgan fingerprint density at radius 1 is 0.949 bits per heavy atom. The van der Waals surface area contributed by atoms with Gasteiger partial charge in [0.1, 0.15) is 12.0 Å². The van der Waals surface area contributed by atoms with Gasteiger partial charge in [-0.2, -0.15) is 0 Å². The fourth-order valence-electron chi connectivity index (χ4n) is 4.24. The summed E-state index contributed by atoms with van der Waals surface area (Å²) in [6.07, 6.45) is 15.2. The molecular weight excluding hydrogens is 478 g/mol. The van der Waals surface area contributed by atoms with Gasteiger partial charge in [-0.05, 0) is 74.7 Å². The molecule has 0 saturated heterocycles. The molecule has 1 heterocycles. The van der Waals surface area contributed by atoms with E-state index in [0.717, 1.165) is 37.5 Å². The fourth-order valence-corrected chi connectivity index (χ4v) is 4.24. The summed E-state index contributed by atoms with van der Waals surface area (Å²) in [5.74, 6) is 0.824. The second-order valence-electron chi connectivity index (χ2n) is 9.99. The molecule has 3 rings (SSSR count). The summed E-state index contributed by atoms with van der Waals surface area (Å²) < 4.78 is 5.68. The topological polar surface area (TPSA) is 50.1 Å². The van der Waals surface area contributed by atoms with E-state index in [1.165, 1.54) is 36.0 Å². The van der Waals surface area contributed by atoms with Crippen molar-refractivity contribution in [2.24, 2.45) is 0 Å². The van der Waals surface area contributed by atoms with Gasteiger partial charge in [-0.15, -0.1) is 13.2 Å². The molecule has 4 heteroatoms. The molecule has 1 aliphatic carbocycles. The second-order valence-corrected chi connectivity index (χ2v) is 9.99. The van der Waals surface area contributed by atoms with Gasteiger partial charge in [0.2, 0.25) is 0 Å². The number of aromatic nitrogens is 1. The van der Waals surface area contributed by atoms with Crippen LogP contribution in [0.3, 0.4) is 0 Å². The lowest BCUT2D eigenvalue weighted by Gasteiger charge is -2.43. The molecule has 222 valence electrons. The van der Waals surface area contributed by atoms with Gasteiger partial charge < -0.3 is 15.1 Å². The van der Waals surface area contributed by atoms with E-state index in [2.05, 4.69) is 81.8 Å². The number of likely N-dealkylation sites (N-methyl/N-ethyl adjacent to an activating group) is 2. The van der Waals surface area contributed by atoms with Crippen LogP contribution in [0.5, 0.6) is 0 Å². The van der Waals surface area contributed by atoms with Crippen molar-refractivity contribution in [3.63, 3.8) is 0 Å². The molecule has 0 fully saturated rings. The second kappa shape index (κ2) is 22.4. The van der Waals surface area contributed by atoms with Crippen molar-refractivity contribution in [3.05, 3.63) is 78.9 Å². The summed E-state index contributed by atoms with van der Waals surface area (Å²) >= 11 is 0. The van der Waals surface area contributed by atoms with Gasteiger partial charge in [0.25, 0.3) is 0 Å². The lowest BCUT2D eigenvalue weighted by molar-refractivity contribution is 0.305. The highest BCUT2D eigenvalue weighted by molar-refractivity contribution is 5.62. The molecule has 2 N–H and O–H groups in total. The van der Waals surface area contributed by atoms with Gasteiger partial charge in [0.05, 0.1) is 0 Å². The van der Waals surface area contributed by atoms with Crippen LogP contribution < -0.4 is 10.6 Å². The van der Waals surface area contributed by atoms with Crippen molar-refractivity contribution in [1.82, 2.24) is 15.6 Å². The molecule has 0 bridgehead atoms. The molecule has 39 heavy (non-hydrogen) atoms. The van der Waals surface area contributed by atoms with Crippen molar-refractivity contribution in [3.8, 4) is 11.3 Å². The average molecular weight is 540 g/mol. The Morgan fingerprint density at radius 2 is 1.54 bits per heavy atom. The fraction of sp³-hybridized carbons (Fsp3) is 0.571. The van der Waals surface area contributed by atoms with Crippen LogP contribution in [0, 0.1) is 0 Å². The number of aryl methyl sites for hydroxylation is 1. The summed E-state index contributed by atoms with van der Waals surface area (Å²) in [7, 11) is 3.78. The summed E-state index contributed by atoms with van der Waals surface area (Å²) in [6, 6.07) is 6.91. The summed E-state index contributed by atoms with van der Waals surface area (Å²) in [6.45, 7) is 28.3. The molecule has 1 aliphatic rings. The van der Waals surface area contributed by atoms with Crippen molar-refractivity contribution >= 4 is 0 Å². The highest BCUT2D eigenvalue weighted by atomic mass is 16.3. The number of allylic oxidation sites excluding steroid dienone is 2. The van der Waals surface area contributed by atoms with E-state index >= 15 is 0 Å². The van der Waals surface area contributed by atoms with Crippen LogP contribution in [0.1, 0.15) is 105 Å². The van der Waals surface area contributed by atoms with Crippen LogP contribution in [0.15, 0.2) is 66.3 Å². The number of hydrogen-bond acceptors (Lipinski definition) is 4.